The highest BCUT2D eigenvalue weighted by atomic mass is 16.1. The van der Waals surface area contributed by atoms with E-state index in [9.17, 15) is 4.79 Å². The molecule has 18 heavy (non-hydrogen) atoms. The Balaban J connectivity index is 1.97. The van der Waals surface area contributed by atoms with E-state index in [2.05, 4.69) is 11.2 Å². The molecule has 0 unspecified atom stereocenters. The first kappa shape index (κ1) is 11.9. The summed E-state index contributed by atoms with van der Waals surface area (Å²) in [6, 6.07) is 16.9. The third kappa shape index (κ3) is 3.23. The van der Waals surface area contributed by atoms with Crippen LogP contribution < -0.4 is 5.32 Å². The van der Waals surface area contributed by atoms with Crippen molar-refractivity contribution in [2.24, 2.45) is 0 Å². The van der Waals surface area contributed by atoms with Crippen LogP contribution in [-0.4, -0.2) is 5.91 Å². The molecule has 0 atom stereocenters. The molecular formula is C16H13NO. The fraction of sp³-hybridized carbons (Fsp3) is 0.0625. The molecule has 0 fully saturated rings. The minimum atomic E-state index is -0.0327. The fourth-order valence-corrected chi connectivity index (χ4v) is 1.64. The van der Waals surface area contributed by atoms with Crippen molar-refractivity contribution >= 4 is 11.6 Å². The van der Waals surface area contributed by atoms with Crippen LogP contribution in [0.25, 0.3) is 0 Å². The zero-order valence-corrected chi connectivity index (χ0v) is 9.89. The Morgan fingerprint density at radius 1 is 1.06 bits per heavy atom. The van der Waals surface area contributed by atoms with Gasteiger partial charge in [-0.25, -0.2) is 0 Å². The van der Waals surface area contributed by atoms with Crippen LogP contribution in [-0.2, 0) is 11.2 Å². The zero-order chi connectivity index (χ0) is 12.8. The predicted molar refractivity (Wildman–Crippen MR) is 73.2 cm³/mol. The van der Waals surface area contributed by atoms with Gasteiger partial charge in [-0.1, -0.05) is 36.3 Å². The van der Waals surface area contributed by atoms with Crippen LogP contribution in [0.2, 0.25) is 0 Å². The molecule has 0 spiro atoms. The Labute approximate surface area is 107 Å². The van der Waals surface area contributed by atoms with Crippen LogP contribution in [0.15, 0.2) is 54.6 Å². The van der Waals surface area contributed by atoms with Gasteiger partial charge in [0.2, 0.25) is 5.91 Å². The summed E-state index contributed by atoms with van der Waals surface area (Å²) in [5.41, 5.74) is 2.56. The summed E-state index contributed by atoms with van der Waals surface area (Å²) < 4.78 is 0. The molecule has 2 heteroatoms. The first-order valence-corrected chi connectivity index (χ1v) is 5.68. The van der Waals surface area contributed by atoms with Crippen LogP contribution in [0.1, 0.15) is 11.1 Å². The second-order valence-corrected chi connectivity index (χ2v) is 3.93. The molecule has 0 radical (unpaired) electrons. The summed E-state index contributed by atoms with van der Waals surface area (Å²) in [7, 11) is 0. The highest BCUT2D eigenvalue weighted by Crippen LogP contribution is 2.09. The molecule has 0 bridgehead atoms. The number of nitrogens with one attached hydrogen (secondary N) is 1. The van der Waals surface area contributed by atoms with Gasteiger partial charge >= 0.3 is 0 Å². The topological polar surface area (TPSA) is 29.1 Å². The second-order valence-electron chi connectivity index (χ2n) is 3.93. The maximum absolute atomic E-state index is 11.8. The molecule has 2 rings (SSSR count). The number of anilines is 1. The summed E-state index contributed by atoms with van der Waals surface area (Å²) in [6.45, 7) is 0. The van der Waals surface area contributed by atoms with E-state index in [1.54, 1.807) is 24.3 Å². The smallest absolute Gasteiger partial charge is 0.228 e. The maximum atomic E-state index is 11.8. The summed E-state index contributed by atoms with van der Waals surface area (Å²) >= 11 is 0. The molecule has 88 valence electrons. The SMILES string of the molecule is C#Cc1ccc(NC(=O)Cc2ccccc2)cc1. The van der Waals surface area contributed by atoms with Gasteiger partial charge in [-0.2, -0.15) is 0 Å². The molecule has 2 nitrogen and oxygen atoms in total. The second kappa shape index (κ2) is 5.70. The maximum Gasteiger partial charge on any atom is 0.228 e. The van der Waals surface area contributed by atoms with Crippen LogP contribution in [0.4, 0.5) is 5.69 Å². The van der Waals surface area contributed by atoms with E-state index >= 15 is 0 Å². The normalized spacial score (nSPS) is 9.50. The molecule has 0 aliphatic heterocycles. The first-order chi connectivity index (χ1) is 8.78. The lowest BCUT2D eigenvalue weighted by molar-refractivity contribution is -0.115. The van der Waals surface area contributed by atoms with Gasteiger partial charge in [0, 0.05) is 11.3 Å². The van der Waals surface area contributed by atoms with E-state index < -0.39 is 0 Å². The molecule has 2 aromatic rings. The summed E-state index contributed by atoms with van der Waals surface area (Å²) in [4.78, 5) is 11.8. The molecule has 0 aliphatic carbocycles. The van der Waals surface area contributed by atoms with Crippen molar-refractivity contribution in [2.75, 3.05) is 5.32 Å². The third-order valence-electron chi connectivity index (χ3n) is 2.54. The van der Waals surface area contributed by atoms with Gasteiger partial charge in [0.1, 0.15) is 0 Å². The summed E-state index contributed by atoms with van der Waals surface area (Å²) in [5, 5.41) is 2.83. The lowest BCUT2D eigenvalue weighted by Crippen LogP contribution is -2.14. The quantitative estimate of drug-likeness (QED) is 0.814. The lowest BCUT2D eigenvalue weighted by atomic mass is 10.1. The van der Waals surface area contributed by atoms with Crippen molar-refractivity contribution < 1.29 is 4.79 Å². The molecule has 0 saturated heterocycles. The van der Waals surface area contributed by atoms with Crippen molar-refractivity contribution in [3.05, 3.63) is 65.7 Å². The zero-order valence-electron chi connectivity index (χ0n) is 9.89. The lowest BCUT2D eigenvalue weighted by Gasteiger charge is -2.05. The Morgan fingerprint density at radius 3 is 2.33 bits per heavy atom. The van der Waals surface area contributed by atoms with Crippen molar-refractivity contribution in [2.45, 2.75) is 6.42 Å². The summed E-state index contributed by atoms with van der Waals surface area (Å²) in [5.74, 6) is 2.50. The minimum absolute atomic E-state index is 0.0327. The van der Waals surface area contributed by atoms with Crippen LogP contribution in [0.5, 0.6) is 0 Å². The molecule has 2 aromatic carbocycles. The van der Waals surface area contributed by atoms with Gasteiger partial charge in [-0.15, -0.1) is 6.42 Å². The number of benzene rings is 2. The molecular weight excluding hydrogens is 222 g/mol. The van der Waals surface area contributed by atoms with Gasteiger partial charge < -0.3 is 5.32 Å². The highest BCUT2D eigenvalue weighted by molar-refractivity contribution is 5.92. The number of carbonyl (C=O) groups is 1. The Hall–Kier alpha value is -2.53. The Kier molecular flexibility index (Phi) is 3.78. The van der Waals surface area contributed by atoms with E-state index in [1.165, 1.54) is 0 Å². The first-order valence-electron chi connectivity index (χ1n) is 5.68. The van der Waals surface area contributed by atoms with Crippen LogP contribution >= 0.6 is 0 Å². The number of carbonyl (C=O) groups excluding carboxylic acids is 1. The van der Waals surface area contributed by atoms with Crippen LogP contribution in [0.3, 0.4) is 0 Å². The van der Waals surface area contributed by atoms with Crippen molar-refractivity contribution in [3.8, 4) is 12.3 Å². The van der Waals surface area contributed by atoms with Gasteiger partial charge in [0.25, 0.3) is 0 Å². The van der Waals surface area contributed by atoms with E-state index in [0.717, 1.165) is 16.8 Å². The van der Waals surface area contributed by atoms with Gasteiger partial charge in [-0.3, -0.25) is 4.79 Å². The number of hydrogen-bond donors (Lipinski definition) is 1. The fourth-order valence-electron chi connectivity index (χ4n) is 1.64. The van der Waals surface area contributed by atoms with E-state index in [4.69, 9.17) is 6.42 Å². The Morgan fingerprint density at radius 2 is 1.72 bits per heavy atom. The number of hydrogen-bond acceptors (Lipinski definition) is 1. The van der Waals surface area contributed by atoms with E-state index in [1.807, 2.05) is 30.3 Å². The third-order valence-corrected chi connectivity index (χ3v) is 2.54. The Bertz CT molecular complexity index is 564. The molecule has 0 saturated carbocycles. The minimum Gasteiger partial charge on any atom is -0.326 e. The monoisotopic (exact) mass is 235 g/mol. The molecule has 1 N–H and O–H groups in total. The van der Waals surface area contributed by atoms with Crippen molar-refractivity contribution in [1.29, 1.82) is 0 Å². The number of rotatable bonds is 3. The van der Waals surface area contributed by atoms with E-state index in [-0.39, 0.29) is 5.91 Å². The van der Waals surface area contributed by atoms with Gasteiger partial charge in [0.15, 0.2) is 0 Å². The summed E-state index contributed by atoms with van der Waals surface area (Å²) in [6.07, 6.45) is 5.64. The standard InChI is InChI=1S/C16H13NO/c1-2-13-8-10-15(11-9-13)17-16(18)12-14-6-4-3-5-7-14/h1,3-11H,12H2,(H,17,18). The molecule has 0 aromatic heterocycles. The molecule has 0 heterocycles. The van der Waals surface area contributed by atoms with Gasteiger partial charge in [0.05, 0.1) is 6.42 Å². The van der Waals surface area contributed by atoms with Crippen molar-refractivity contribution in [1.82, 2.24) is 0 Å². The highest BCUT2D eigenvalue weighted by Gasteiger charge is 2.03. The molecule has 0 aliphatic rings. The van der Waals surface area contributed by atoms with Gasteiger partial charge in [-0.05, 0) is 29.8 Å². The predicted octanol–water partition coefficient (Wildman–Crippen LogP) is 2.85. The average molecular weight is 235 g/mol. The van der Waals surface area contributed by atoms with E-state index in [0.29, 0.717) is 6.42 Å². The largest absolute Gasteiger partial charge is 0.326 e. The van der Waals surface area contributed by atoms with Crippen molar-refractivity contribution in [3.63, 3.8) is 0 Å². The number of amides is 1. The molecule has 1 amide bonds. The van der Waals surface area contributed by atoms with Crippen LogP contribution in [0, 0.1) is 12.3 Å². The number of terminal acetylenes is 1. The average Bonchev–Trinajstić information content (AvgIpc) is 2.40.